The number of hydrogen-bond acceptors (Lipinski definition) is 4. The smallest absolute Gasteiger partial charge is 0.203 e. The number of nitrogens with zero attached hydrogens (tertiary/aromatic N) is 1. The molecular weight excluding hydrogens is 344 g/mol. The van der Waals surface area contributed by atoms with Crippen molar-refractivity contribution in [2.75, 3.05) is 21.3 Å². The minimum absolute atomic E-state index is 0.00800. The Hall–Kier alpha value is -3.41. The molecule has 2 aromatic heterocycles. The zero-order chi connectivity index (χ0) is 19.1. The summed E-state index contributed by atoms with van der Waals surface area (Å²) in [7, 11) is 6.65. The third-order valence-electron chi connectivity index (χ3n) is 4.80. The van der Waals surface area contributed by atoms with Crippen LogP contribution in [0.2, 0.25) is 0 Å². The summed E-state index contributed by atoms with van der Waals surface area (Å²) in [6, 6.07) is 11.3. The van der Waals surface area contributed by atoms with Gasteiger partial charge in [-0.2, -0.15) is 0 Å². The molecule has 0 bridgehead atoms. The third-order valence-corrected chi connectivity index (χ3v) is 4.80. The number of fused-ring (bicyclic) bond motifs is 2. The molecule has 0 radical (unpaired) electrons. The van der Waals surface area contributed by atoms with E-state index in [2.05, 4.69) is 4.98 Å². The van der Waals surface area contributed by atoms with E-state index in [0.717, 1.165) is 22.3 Å². The lowest BCUT2D eigenvalue weighted by atomic mass is 10.1. The van der Waals surface area contributed by atoms with Crippen LogP contribution in [0.5, 0.6) is 17.2 Å². The van der Waals surface area contributed by atoms with Gasteiger partial charge < -0.3 is 23.8 Å². The number of aryl methyl sites for hydroxylation is 1. The van der Waals surface area contributed by atoms with Crippen LogP contribution in [0.15, 0.2) is 47.4 Å². The normalized spacial score (nSPS) is 11.1. The summed E-state index contributed by atoms with van der Waals surface area (Å²) in [4.78, 5) is 16.3. The zero-order valence-electron chi connectivity index (χ0n) is 15.6. The number of benzene rings is 2. The van der Waals surface area contributed by atoms with Crippen LogP contribution in [0, 0.1) is 0 Å². The molecule has 6 nitrogen and oxygen atoms in total. The van der Waals surface area contributed by atoms with Crippen molar-refractivity contribution in [3.05, 3.63) is 52.8 Å². The number of hydrogen-bond donors (Lipinski definition) is 1. The molecule has 0 aliphatic heterocycles. The standard InChI is InChI=1S/C21H20N2O4/c1-23-11-14-18(22-15-8-6-5-7-13(15)20(14)24)19(23)12-9-16(25-2)21(27-4)17(10-12)26-3/h5-11,22H,1-4H3. The molecule has 6 heteroatoms. The molecule has 0 spiro atoms. The van der Waals surface area contributed by atoms with Gasteiger partial charge in [0.2, 0.25) is 5.75 Å². The predicted molar refractivity (Wildman–Crippen MR) is 106 cm³/mol. The topological polar surface area (TPSA) is 65.5 Å². The first kappa shape index (κ1) is 17.0. The van der Waals surface area contributed by atoms with Crippen LogP contribution < -0.4 is 19.6 Å². The van der Waals surface area contributed by atoms with Crippen LogP contribution in [0.1, 0.15) is 0 Å². The highest BCUT2D eigenvalue weighted by atomic mass is 16.5. The van der Waals surface area contributed by atoms with E-state index in [0.29, 0.717) is 28.0 Å². The largest absolute Gasteiger partial charge is 0.493 e. The fourth-order valence-electron chi connectivity index (χ4n) is 3.56. The fraction of sp³-hybridized carbons (Fsp3) is 0.190. The van der Waals surface area contributed by atoms with Gasteiger partial charge in [0.1, 0.15) is 0 Å². The molecule has 0 unspecified atom stereocenters. The maximum atomic E-state index is 12.9. The maximum absolute atomic E-state index is 12.9. The summed E-state index contributed by atoms with van der Waals surface area (Å²) in [6.45, 7) is 0. The van der Waals surface area contributed by atoms with Gasteiger partial charge >= 0.3 is 0 Å². The Morgan fingerprint density at radius 2 is 1.59 bits per heavy atom. The number of H-pyrrole nitrogens is 1. The Labute approximate surface area is 155 Å². The summed E-state index contributed by atoms with van der Waals surface area (Å²) in [5.74, 6) is 1.65. The highest BCUT2D eigenvalue weighted by Gasteiger charge is 2.19. The molecule has 138 valence electrons. The van der Waals surface area contributed by atoms with E-state index >= 15 is 0 Å². The third kappa shape index (κ3) is 2.52. The molecule has 2 heterocycles. The van der Waals surface area contributed by atoms with E-state index in [4.69, 9.17) is 14.2 Å². The van der Waals surface area contributed by atoms with Crippen LogP contribution in [0.3, 0.4) is 0 Å². The van der Waals surface area contributed by atoms with Gasteiger partial charge in [-0.3, -0.25) is 4.79 Å². The van der Waals surface area contributed by atoms with Crippen molar-refractivity contribution in [1.82, 2.24) is 9.55 Å². The number of aromatic nitrogens is 2. The van der Waals surface area contributed by atoms with E-state index in [1.165, 1.54) is 0 Å². The number of para-hydroxylation sites is 1. The molecule has 2 aromatic carbocycles. The van der Waals surface area contributed by atoms with Gasteiger partial charge in [0.15, 0.2) is 16.9 Å². The van der Waals surface area contributed by atoms with Crippen molar-refractivity contribution >= 4 is 21.8 Å². The second-order valence-electron chi connectivity index (χ2n) is 6.29. The molecule has 0 atom stereocenters. The van der Waals surface area contributed by atoms with Crippen LogP contribution in [-0.2, 0) is 7.05 Å². The average molecular weight is 364 g/mol. The van der Waals surface area contributed by atoms with Crippen molar-refractivity contribution in [2.24, 2.45) is 7.05 Å². The number of rotatable bonds is 4. The number of nitrogens with one attached hydrogen (secondary N) is 1. The van der Waals surface area contributed by atoms with E-state index in [1.807, 2.05) is 54.2 Å². The quantitative estimate of drug-likeness (QED) is 0.599. The van der Waals surface area contributed by atoms with E-state index in [-0.39, 0.29) is 5.43 Å². The first-order valence-corrected chi connectivity index (χ1v) is 8.49. The molecule has 0 saturated heterocycles. The second-order valence-corrected chi connectivity index (χ2v) is 6.29. The summed E-state index contributed by atoms with van der Waals surface area (Å²) >= 11 is 0. The average Bonchev–Trinajstić information content (AvgIpc) is 3.03. The minimum atomic E-state index is 0.00800. The molecule has 0 amide bonds. The maximum Gasteiger partial charge on any atom is 0.203 e. The second kappa shape index (κ2) is 6.39. The minimum Gasteiger partial charge on any atom is -0.493 e. The monoisotopic (exact) mass is 364 g/mol. The van der Waals surface area contributed by atoms with E-state index < -0.39 is 0 Å². The van der Waals surface area contributed by atoms with Gasteiger partial charge in [0.05, 0.1) is 37.9 Å². The highest BCUT2D eigenvalue weighted by Crippen LogP contribution is 2.42. The molecule has 27 heavy (non-hydrogen) atoms. The zero-order valence-corrected chi connectivity index (χ0v) is 15.6. The van der Waals surface area contributed by atoms with E-state index in [9.17, 15) is 4.79 Å². The van der Waals surface area contributed by atoms with Gasteiger partial charge in [-0.1, -0.05) is 12.1 Å². The lowest BCUT2D eigenvalue weighted by molar-refractivity contribution is 0.324. The first-order chi connectivity index (χ1) is 13.1. The molecule has 0 saturated carbocycles. The van der Waals surface area contributed by atoms with Gasteiger partial charge in [-0.05, 0) is 24.3 Å². The first-order valence-electron chi connectivity index (χ1n) is 8.49. The fourth-order valence-corrected chi connectivity index (χ4v) is 3.56. The Balaban J connectivity index is 2.08. The summed E-state index contributed by atoms with van der Waals surface area (Å²) < 4.78 is 18.3. The number of methoxy groups -OCH3 is 3. The molecule has 1 N–H and O–H groups in total. The van der Waals surface area contributed by atoms with Crippen LogP contribution in [-0.4, -0.2) is 30.9 Å². The van der Waals surface area contributed by atoms with Crippen molar-refractivity contribution < 1.29 is 14.2 Å². The summed E-state index contributed by atoms with van der Waals surface area (Å²) in [5.41, 5.74) is 3.30. The molecule has 4 rings (SSSR count). The van der Waals surface area contributed by atoms with Gasteiger partial charge in [0.25, 0.3) is 0 Å². The Morgan fingerprint density at radius 3 is 2.22 bits per heavy atom. The molecule has 0 fully saturated rings. The highest BCUT2D eigenvalue weighted by molar-refractivity contribution is 6.00. The number of pyridine rings is 1. The summed E-state index contributed by atoms with van der Waals surface area (Å²) in [5, 5.41) is 1.31. The van der Waals surface area contributed by atoms with Gasteiger partial charge in [0, 0.05) is 29.7 Å². The summed E-state index contributed by atoms with van der Waals surface area (Å²) in [6.07, 6.45) is 1.85. The molecule has 4 aromatic rings. The van der Waals surface area contributed by atoms with Gasteiger partial charge in [-0.15, -0.1) is 0 Å². The molecule has 0 aliphatic carbocycles. The van der Waals surface area contributed by atoms with Crippen molar-refractivity contribution in [1.29, 1.82) is 0 Å². The predicted octanol–water partition coefficient (Wildman–Crippen LogP) is 3.71. The number of aromatic amines is 1. The van der Waals surface area contributed by atoms with Crippen LogP contribution in [0.25, 0.3) is 33.1 Å². The van der Waals surface area contributed by atoms with Gasteiger partial charge in [-0.25, -0.2) is 0 Å². The Kier molecular flexibility index (Phi) is 4.03. The van der Waals surface area contributed by atoms with Crippen LogP contribution in [0.4, 0.5) is 0 Å². The lowest BCUT2D eigenvalue weighted by Crippen LogP contribution is -2.02. The van der Waals surface area contributed by atoms with Crippen molar-refractivity contribution in [3.8, 4) is 28.5 Å². The van der Waals surface area contributed by atoms with Crippen molar-refractivity contribution in [2.45, 2.75) is 0 Å². The molecule has 0 aliphatic rings. The SMILES string of the molecule is COc1cc(-c2c3[nH]c4ccccc4c(=O)c3cn2C)cc(OC)c1OC. The molecular formula is C21H20N2O4. The van der Waals surface area contributed by atoms with Crippen LogP contribution >= 0.6 is 0 Å². The number of ether oxygens (including phenoxy) is 3. The lowest BCUT2D eigenvalue weighted by Gasteiger charge is -2.15. The Morgan fingerprint density at radius 1 is 0.926 bits per heavy atom. The van der Waals surface area contributed by atoms with Crippen molar-refractivity contribution in [3.63, 3.8) is 0 Å². The Bertz CT molecular complexity index is 1200. The van der Waals surface area contributed by atoms with E-state index in [1.54, 1.807) is 21.3 Å².